The molecule has 27 heavy (non-hydrogen) atoms. The monoisotopic (exact) mass is 366 g/mol. The van der Waals surface area contributed by atoms with Gasteiger partial charge in [0.15, 0.2) is 5.78 Å². The number of hydrogen-bond acceptors (Lipinski definition) is 1. The van der Waals surface area contributed by atoms with Crippen molar-refractivity contribution in [3.05, 3.63) is 121 Å². The van der Waals surface area contributed by atoms with E-state index in [1.165, 1.54) is 27.2 Å². The fourth-order valence-corrected chi connectivity index (χ4v) is 9.09. The Hall–Kier alpha value is -2.89. The first-order chi connectivity index (χ1) is 13.4. The SMILES string of the molecule is c1ccc(C2Nc3ccccc3[P+]2(c2ccccc2)c2ccccc2)cc1. The lowest BCUT2D eigenvalue weighted by atomic mass is 10.2. The number of benzene rings is 4. The van der Waals surface area contributed by atoms with Crippen molar-refractivity contribution in [1.82, 2.24) is 0 Å². The van der Waals surface area contributed by atoms with Gasteiger partial charge in [-0.25, -0.2) is 0 Å². The van der Waals surface area contributed by atoms with E-state index in [0.717, 1.165) is 0 Å². The van der Waals surface area contributed by atoms with E-state index in [-0.39, 0.29) is 5.78 Å². The van der Waals surface area contributed by atoms with Crippen molar-refractivity contribution in [1.29, 1.82) is 0 Å². The third-order valence-corrected chi connectivity index (χ3v) is 9.98. The Morgan fingerprint density at radius 1 is 0.519 bits per heavy atom. The summed E-state index contributed by atoms with van der Waals surface area (Å²) >= 11 is 0. The largest absolute Gasteiger partial charge is 0.343 e. The first-order valence-corrected chi connectivity index (χ1v) is 11.2. The second kappa shape index (κ2) is 6.68. The van der Waals surface area contributed by atoms with Gasteiger partial charge < -0.3 is 5.32 Å². The highest BCUT2D eigenvalue weighted by Gasteiger charge is 2.58. The molecule has 1 unspecified atom stereocenters. The van der Waals surface area contributed by atoms with Crippen molar-refractivity contribution in [2.24, 2.45) is 0 Å². The van der Waals surface area contributed by atoms with Gasteiger partial charge in [-0.05, 0) is 36.4 Å². The highest BCUT2D eigenvalue weighted by atomic mass is 31.2. The molecule has 1 aliphatic rings. The van der Waals surface area contributed by atoms with Crippen LogP contribution in [-0.2, 0) is 0 Å². The zero-order valence-corrected chi connectivity index (χ0v) is 15.9. The maximum Gasteiger partial charge on any atom is 0.178 e. The molecule has 0 bridgehead atoms. The van der Waals surface area contributed by atoms with Gasteiger partial charge in [0.1, 0.15) is 23.2 Å². The van der Waals surface area contributed by atoms with Crippen LogP contribution in [0.3, 0.4) is 0 Å². The molecule has 0 amide bonds. The van der Waals surface area contributed by atoms with Crippen LogP contribution < -0.4 is 21.2 Å². The lowest BCUT2D eigenvalue weighted by Gasteiger charge is -2.29. The number of rotatable bonds is 3. The van der Waals surface area contributed by atoms with E-state index in [4.69, 9.17) is 0 Å². The highest BCUT2D eigenvalue weighted by Crippen LogP contribution is 2.70. The predicted octanol–water partition coefficient (Wildman–Crippen LogP) is 5.10. The molecule has 1 heterocycles. The molecular weight excluding hydrogens is 345 g/mol. The molecule has 4 aromatic rings. The van der Waals surface area contributed by atoms with Crippen molar-refractivity contribution in [2.75, 3.05) is 5.32 Å². The van der Waals surface area contributed by atoms with Crippen molar-refractivity contribution in [2.45, 2.75) is 5.78 Å². The Labute approximate surface area is 161 Å². The van der Waals surface area contributed by atoms with Gasteiger partial charge in [-0.3, -0.25) is 0 Å². The summed E-state index contributed by atoms with van der Waals surface area (Å²) in [4.78, 5) is 0. The lowest BCUT2D eigenvalue weighted by molar-refractivity contribution is 1.11. The number of hydrogen-bond donors (Lipinski definition) is 1. The minimum Gasteiger partial charge on any atom is -0.343 e. The van der Waals surface area contributed by atoms with Crippen molar-refractivity contribution >= 4 is 28.9 Å². The summed E-state index contributed by atoms with van der Waals surface area (Å²) < 4.78 is 0. The van der Waals surface area contributed by atoms with Gasteiger partial charge in [0.05, 0.1) is 5.69 Å². The first-order valence-electron chi connectivity index (χ1n) is 9.32. The number of para-hydroxylation sites is 1. The second-order valence-corrected chi connectivity index (χ2v) is 10.3. The van der Waals surface area contributed by atoms with Crippen LogP contribution >= 0.6 is 7.26 Å². The average Bonchev–Trinajstić information content (AvgIpc) is 3.12. The standard InChI is InChI=1S/C25H21NP/c1-4-12-20(13-5-1)25-26-23-18-10-11-19-24(23)27(25,21-14-6-2-7-15-21)22-16-8-3-9-17-22/h1-19,25-26H/q+1. The molecule has 5 rings (SSSR count). The summed E-state index contributed by atoms with van der Waals surface area (Å²) in [5.74, 6) is 0.237. The van der Waals surface area contributed by atoms with E-state index in [1.54, 1.807) is 0 Å². The maximum absolute atomic E-state index is 3.89. The van der Waals surface area contributed by atoms with E-state index in [0.29, 0.717) is 0 Å². The molecule has 0 aromatic heterocycles. The topological polar surface area (TPSA) is 12.0 Å². The van der Waals surface area contributed by atoms with Gasteiger partial charge >= 0.3 is 0 Å². The van der Waals surface area contributed by atoms with Crippen LogP contribution in [0.1, 0.15) is 11.3 Å². The van der Waals surface area contributed by atoms with E-state index >= 15 is 0 Å². The van der Waals surface area contributed by atoms with Crippen LogP contribution in [0.25, 0.3) is 0 Å². The fourth-order valence-electron chi connectivity index (χ4n) is 4.28. The Balaban J connectivity index is 1.88. The molecule has 0 fully saturated rings. The first kappa shape index (κ1) is 16.3. The Bertz CT molecular complexity index is 1010. The van der Waals surface area contributed by atoms with Gasteiger partial charge in [0, 0.05) is 5.56 Å². The Morgan fingerprint density at radius 3 is 1.59 bits per heavy atom. The zero-order valence-electron chi connectivity index (χ0n) is 15.0. The lowest BCUT2D eigenvalue weighted by Crippen LogP contribution is -2.32. The van der Waals surface area contributed by atoms with E-state index in [9.17, 15) is 0 Å². The quantitative estimate of drug-likeness (QED) is 0.497. The summed E-state index contributed by atoms with van der Waals surface area (Å²) in [6, 6.07) is 41.9. The smallest absolute Gasteiger partial charge is 0.178 e. The van der Waals surface area contributed by atoms with Gasteiger partial charge in [-0.15, -0.1) is 0 Å². The third-order valence-electron chi connectivity index (χ3n) is 5.41. The average molecular weight is 366 g/mol. The minimum absolute atomic E-state index is 0.237. The van der Waals surface area contributed by atoms with Crippen molar-refractivity contribution in [3.8, 4) is 0 Å². The highest BCUT2D eigenvalue weighted by molar-refractivity contribution is 7.96. The number of fused-ring (bicyclic) bond motifs is 1. The van der Waals surface area contributed by atoms with Gasteiger partial charge in [0.2, 0.25) is 0 Å². The van der Waals surface area contributed by atoms with Crippen molar-refractivity contribution in [3.63, 3.8) is 0 Å². The molecule has 130 valence electrons. The molecule has 0 aliphatic carbocycles. The van der Waals surface area contributed by atoms with E-state index in [2.05, 4.69) is 121 Å². The maximum atomic E-state index is 3.89. The molecule has 1 aliphatic heterocycles. The van der Waals surface area contributed by atoms with E-state index < -0.39 is 7.26 Å². The molecule has 0 spiro atoms. The molecule has 1 nitrogen and oxygen atoms in total. The predicted molar refractivity (Wildman–Crippen MR) is 118 cm³/mol. The van der Waals surface area contributed by atoms with Crippen LogP contribution in [0.2, 0.25) is 0 Å². The number of anilines is 1. The summed E-state index contributed by atoms with van der Waals surface area (Å²) in [6.45, 7) is 0. The molecule has 1 atom stereocenters. The summed E-state index contributed by atoms with van der Waals surface area (Å²) in [5.41, 5.74) is 2.60. The van der Waals surface area contributed by atoms with Crippen LogP contribution in [0.4, 0.5) is 5.69 Å². The normalized spacial score (nSPS) is 17.1. The Kier molecular flexibility index (Phi) is 4.03. The van der Waals surface area contributed by atoms with Crippen LogP contribution in [0.15, 0.2) is 115 Å². The van der Waals surface area contributed by atoms with Crippen molar-refractivity contribution < 1.29 is 0 Å². The second-order valence-electron chi connectivity index (χ2n) is 6.87. The summed E-state index contributed by atoms with van der Waals surface area (Å²) in [6.07, 6.45) is 0. The zero-order chi connectivity index (χ0) is 18.1. The van der Waals surface area contributed by atoms with Crippen LogP contribution in [-0.4, -0.2) is 0 Å². The molecule has 0 radical (unpaired) electrons. The molecule has 1 N–H and O–H groups in total. The van der Waals surface area contributed by atoms with Gasteiger partial charge in [0.25, 0.3) is 0 Å². The fraction of sp³-hybridized carbons (Fsp3) is 0.0400. The van der Waals surface area contributed by atoms with E-state index in [1.807, 2.05) is 0 Å². The third kappa shape index (κ3) is 2.51. The Morgan fingerprint density at radius 2 is 1.00 bits per heavy atom. The van der Waals surface area contributed by atoms with Gasteiger partial charge in [-0.1, -0.05) is 78.9 Å². The van der Waals surface area contributed by atoms with Crippen LogP contribution in [0.5, 0.6) is 0 Å². The molecule has 2 heteroatoms. The number of nitrogens with one attached hydrogen (secondary N) is 1. The molecule has 0 saturated heterocycles. The summed E-state index contributed by atoms with van der Waals surface area (Å²) in [7, 11) is -1.88. The molecule has 4 aromatic carbocycles. The van der Waals surface area contributed by atoms with Crippen LogP contribution in [0, 0.1) is 0 Å². The van der Waals surface area contributed by atoms with Gasteiger partial charge in [-0.2, -0.15) is 0 Å². The minimum atomic E-state index is -1.88. The molecular formula is C25H21NP+. The summed E-state index contributed by atoms with van der Waals surface area (Å²) in [5, 5.41) is 8.17. The molecule has 0 saturated carbocycles.